The molecule has 180 valence electrons. The summed E-state index contributed by atoms with van der Waals surface area (Å²) in [6.45, 7) is 7.78. The molecule has 0 saturated heterocycles. The second kappa shape index (κ2) is 10.9. The summed E-state index contributed by atoms with van der Waals surface area (Å²) >= 11 is 0. The van der Waals surface area contributed by atoms with Gasteiger partial charge < -0.3 is 9.47 Å². The fraction of sp³-hybridized carbons (Fsp3) is 0.125. The molecule has 0 aliphatic carbocycles. The molecule has 0 amide bonds. The van der Waals surface area contributed by atoms with E-state index in [2.05, 4.69) is 0 Å². The van der Waals surface area contributed by atoms with E-state index in [1.807, 2.05) is 76.2 Å². The molecular weight excluding hydrogens is 448 g/mol. The quantitative estimate of drug-likeness (QED) is 0.165. The fourth-order valence-electron chi connectivity index (χ4n) is 4.22. The largest absolute Gasteiger partial charge is 0.418 e. The summed E-state index contributed by atoms with van der Waals surface area (Å²) in [5, 5.41) is 0. The minimum atomic E-state index is -0.534. The molecule has 0 aromatic heterocycles. The van der Waals surface area contributed by atoms with Crippen LogP contribution in [0.25, 0.3) is 11.5 Å². The molecule has 0 N–H and O–H groups in total. The van der Waals surface area contributed by atoms with E-state index < -0.39 is 11.9 Å². The predicted molar refractivity (Wildman–Crippen MR) is 142 cm³/mol. The van der Waals surface area contributed by atoms with E-state index in [1.54, 1.807) is 48.5 Å². The molecule has 0 unspecified atom stereocenters. The first-order chi connectivity index (χ1) is 17.4. The van der Waals surface area contributed by atoms with Gasteiger partial charge in [0.2, 0.25) is 0 Å². The number of benzene rings is 4. The molecular formula is C32H28O4. The van der Waals surface area contributed by atoms with Crippen LogP contribution < -0.4 is 0 Å². The van der Waals surface area contributed by atoms with Crippen molar-refractivity contribution in [2.24, 2.45) is 0 Å². The Balaban J connectivity index is 1.99. The lowest BCUT2D eigenvalue weighted by atomic mass is 9.95. The molecule has 0 atom stereocenters. The first kappa shape index (κ1) is 24.7. The highest BCUT2D eigenvalue weighted by atomic mass is 16.6. The minimum absolute atomic E-state index is 0.209. The molecule has 0 aliphatic rings. The van der Waals surface area contributed by atoms with Crippen molar-refractivity contribution in [3.05, 3.63) is 142 Å². The van der Waals surface area contributed by atoms with Crippen LogP contribution in [0.15, 0.2) is 97.1 Å². The average Bonchev–Trinajstić information content (AvgIpc) is 2.88. The van der Waals surface area contributed by atoms with Gasteiger partial charge in [-0.1, -0.05) is 72.8 Å². The number of carbonyl (C=O) groups excluding carboxylic acids is 2. The van der Waals surface area contributed by atoms with Crippen molar-refractivity contribution in [2.75, 3.05) is 0 Å². The lowest BCUT2D eigenvalue weighted by Gasteiger charge is -2.21. The number of hydrogen-bond acceptors (Lipinski definition) is 4. The van der Waals surface area contributed by atoms with Gasteiger partial charge in [0.05, 0.1) is 11.1 Å². The minimum Gasteiger partial charge on any atom is -0.418 e. The van der Waals surface area contributed by atoms with Crippen LogP contribution in [0, 0.1) is 27.7 Å². The van der Waals surface area contributed by atoms with Crippen molar-refractivity contribution >= 4 is 23.5 Å². The maximum absolute atomic E-state index is 13.3. The molecule has 4 aromatic carbocycles. The third-order valence-corrected chi connectivity index (χ3v) is 6.03. The Morgan fingerprint density at radius 2 is 0.750 bits per heavy atom. The summed E-state index contributed by atoms with van der Waals surface area (Å²) in [6.07, 6.45) is 0. The summed E-state index contributed by atoms with van der Waals surface area (Å²) in [4.78, 5) is 26.6. The topological polar surface area (TPSA) is 52.6 Å². The molecule has 36 heavy (non-hydrogen) atoms. The predicted octanol–water partition coefficient (Wildman–Crippen LogP) is 7.46. The van der Waals surface area contributed by atoms with Gasteiger partial charge in [-0.25, -0.2) is 9.59 Å². The molecule has 0 spiro atoms. The maximum atomic E-state index is 13.3. The summed E-state index contributed by atoms with van der Waals surface area (Å²) < 4.78 is 12.2. The molecule has 0 saturated carbocycles. The van der Waals surface area contributed by atoms with Crippen molar-refractivity contribution in [1.29, 1.82) is 0 Å². The standard InChI is InChI=1S/C32H28O4/c1-21-13-11-14-22(2)27(21)29(35-31(33)25-17-7-5-8-18-25)30(28-23(3)15-12-16-24(28)4)36-32(34)26-19-9-6-10-20-26/h5-20H,1-4H3. The van der Waals surface area contributed by atoms with Gasteiger partial charge in [-0.05, 0) is 74.2 Å². The first-order valence-corrected chi connectivity index (χ1v) is 11.8. The summed E-state index contributed by atoms with van der Waals surface area (Å²) in [5.74, 6) is -0.650. The third kappa shape index (κ3) is 5.28. The van der Waals surface area contributed by atoms with Crippen LogP contribution in [0.5, 0.6) is 0 Å². The molecule has 0 radical (unpaired) electrons. The molecule has 4 aromatic rings. The van der Waals surface area contributed by atoms with E-state index in [0.717, 1.165) is 22.3 Å². The Bertz CT molecular complexity index is 1280. The Hall–Kier alpha value is -4.44. The molecule has 4 nitrogen and oxygen atoms in total. The third-order valence-electron chi connectivity index (χ3n) is 6.03. The Morgan fingerprint density at radius 3 is 1.06 bits per heavy atom. The second-order valence-electron chi connectivity index (χ2n) is 8.70. The van der Waals surface area contributed by atoms with Crippen LogP contribution in [0.1, 0.15) is 54.1 Å². The van der Waals surface area contributed by atoms with Gasteiger partial charge in [0.1, 0.15) is 0 Å². The summed E-state index contributed by atoms with van der Waals surface area (Å²) in [5.41, 5.74) is 5.79. The van der Waals surface area contributed by atoms with Gasteiger partial charge in [-0.2, -0.15) is 0 Å². The highest BCUT2D eigenvalue weighted by molar-refractivity contribution is 6.01. The lowest BCUT2D eigenvalue weighted by Crippen LogP contribution is -2.13. The summed E-state index contributed by atoms with van der Waals surface area (Å²) in [6, 6.07) is 29.2. The zero-order valence-corrected chi connectivity index (χ0v) is 20.9. The van der Waals surface area contributed by atoms with Crippen molar-refractivity contribution in [3.8, 4) is 0 Å². The second-order valence-corrected chi connectivity index (χ2v) is 8.70. The van der Waals surface area contributed by atoms with E-state index >= 15 is 0 Å². The number of aryl methyl sites for hydroxylation is 4. The normalized spacial score (nSPS) is 11.4. The number of ether oxygens (including phenoxy) is 2. The number of hydrogen-bond donors (Lipinski definition) is 0. The Labute approximate surface area is 211 Å². The van der Waals surface area contributed by atoms with E-state index in [-0.39, 0.29) is 11.5 Å². The lowest BCUT2D eigenvalue weighted by molar-refractivity contribution is 0.0646. The van der Waals surface area contributed by atoms with Crippen molar-refractivity contribution in [2.45, 2.75) is 27.7 Å². The van der Waals surface area contributed by atoms with Gasteiger partial charge in [-0.15, -0.1) is 0 Å². The van der Waals surface area contributed by atoms with Gasteiger partial charge in [0.25, 0.3) is 0 Å². The van der Waals surface area contributed by atoms with E-state index in [4.69, 9.17) is 9.47 Å². The Kier molecular flexibility index (Phi) is 7.45. The highest BCUT2D eigenvalue weighted by Gasteiger charge is 2.26. The number of rotatable bonds is 6. The number of carbonyl (C=O) groups is 2. The van der Waals surface area contributed by atoms with Crippen LogP contribution in [-0.2, 0) is 9.47 Å². The molecule has 0 aliphatic heterocycles. The van der Waals surface area contributed by atoms with Crippen LogP contribution in [-0.4, -0.2) is 11.9 Å². The monoisotopic (exact) mass is 476 g/mol. The van der Waals surface area contributed by atoms with Crippen molar-refractivity contribution in [3.63, 3.8) is 0 Å². The maximum Gasteiger partial charge on any atom is 0.343 e. The first-order valence-electron chi connectivity index (χ1n) is 11.8. The van der Waals surface area contributed by atoms with Gasteiger partial charge in [0.15, 0.2) is 11.5 Å². The van der Waals surface area contributed by atoms with Gasteiger partial charge in [-0.3, -0.25) is 0 Å². The molecule has 0 bridgehead atoms. The fourth-order valence-corrected chi connectivity index (χ4v) is 4.22. The molecule has 0 heterocycles. The van der Waals surface area contributed by atoms with Gasteiger partial charge >= 0.3 is 11.9 Å². The Morgan fingerprint density at radius 1 is 0.444 bits per heavy atom. The van der Waals surface area contributed by atoms with Crippen LogP contribution >= 0.6 is 0 Å². The average molecular weight is 477 g/mol. The zero-order chi connectivity index (χ0) is 25.7. The van der Waals surface area contributed by atoms with Crippen molar-refractivity contribution in [1.82, 2.24) is 0 Å². The smallest absolute Gasteiger partial charge is 0.343 e. The van der Waals surface area contributed by atoms with E-state index in [9.17, 15) is 9.59 Å². The summed E-state index contributed by atoms with van der Waals surface area (Å²) in [7, 11) is 0. The molecule has 4 rings (SSSR count). The zero-order valence-electron chi connectivity index (χ0n) is 20.9. The van der Waals surface area contributed by atoms with Crippen LogP contribution in [0.4, 0.5) is 0 Å². The van der Waals surface area contributed by atoms with Crippen LogP contribution in [0.2, 0.25) is 0 Å². The molecule has 0 fully saturated rings. The van der Waals surface area contributed by atoms with Gasteiger partial charge in [0, 0.05) is 11.1 Å². The SMILES string of the molecule is Cc1cccc(C)c1C(OC(=O)c1ccccc1)=C(OC(=O)c1ccccc1)c1c(C)cccc1C. The molecule has 4 heteroatoms. The van der Waals surface area contributed by atoms with Crippen LogP contribution in [0.3, 0.4) is 0 Å². The highest BCUT2D eigenvalue weighted by Crippen LogP contribution is 2.36. The van der Waals surface area contributed by atoms with E-state index in [1.165, 1.54) is 0 Å². The van der Waals surface area contributed by atoms with Crippen molar-refractivity contribution < 1.29 is 19.1 Å². The van der Waals surface area contributed by atoms with E-state index in [0.29, 0.717) is 22.3 Å². The number of esters is 2.